The number of aryl methyl sites for hydroxylation is 1. The van der Waals surface area contributed by atoms with Crippen molar-refractivity contribution < 1.29 is 14.6 Å². The Balaban J connectivity index is 1.85. The average Bonchev–Trinajstić information content (AvgIpc) is 3.13. The molecule has 2 aliphatic heterocycles. The molecule has 3 nitrogen and oxygen atoms in total. The molecule has 110 valence electrons. The van der Waals surface area contributed by atoms with Crippen molar-refractivity contribution in [3.8, 4) is 0 Å². The molecule has 2 heterocycles. The van der Waals surface area contributed by atoms with E-state index in [1.165, 1.54) is 0 Å². The summed E-state index contributed by atoms with van der Waals surface area (Å²) in [7, 11) is 0. The van der Waals surface area contributed by atoms with Crippen LogP contribution >= 0.6 is 15.9 Å². The quantitative estimate of drug-likeness (QED) is 0.887. The maximum Gasteiger partial charge on any atom is 0.173 e. The lowest BCUT2D eigenvalue weighted by Gasteiger charge is -2.19. The SMILES string of the molecule is CCc1ccc(Br)cc1C1=C(O)[C@H]2[C@@H](C1=O)[C@@H]1CC[C@H]2O1. The third kappa shape index (κ3) is 1.78. The largest absolute Gasteiger partial charge is 0.511 e. The van der Waals surface area contributed by atoms with Crippen LogP contribution in [-0.2, 0) is 16.0 Å². The molecule has 0 radical (unpaired) electrons. The number of ketones is 1. The molecule has 1 N–H and O–H groups in total. The molecule has 3 aliphatic rings. The number of hydrogen-bond donors (Lipinski definition) is 1. The Kier molecular flexibility index (Phi) is 3.02. The molecule has 0 saturated carbocycles. The van der Waals surface area contributed by atoms with Gasteiger partial charge in [0.2, 0.25) is 0 Å². The van der Waals surface area contributed by atoms with Gasteiger partial charge in [-0.25, -0.2) is 0 Å². The number of carbonyl (C=O) groups is 1. The highest BCUT2D eigenvalue weighted by Gasteiger charge is 2.59. The number of halogens is 1. The van der Waals surface area contributed by atoms with Gasteiger partial charge in [-0.3, -0.25) is 4.79 Å². The van der Waals surface area contributed by atoms with Crippen molar-refractivity contribution in [3.63, 3.8) is 0 Å². The van der Waals surface area contributed by atoms with Crippen LogP contribution in [0.4, 0.5) is 0 Å². The van der Waals surface area contributed by atoms with E-state index in [-0.39, 0.29) is 35.6 Å². The van der Waals surface area contributed by atoms with Crippen molar-refractivity contribution in [2.24, 2.45) is 11.8 Å². The molecule has 0 amide bonds. The molecule has 0 unspecified atom stereocenters. The molecular formula is C17H17BrO3. The number of aliphatic hydroxyl groups is 1. The number of aliphatic hydroxyl groups excluding tert-OH is 1. The minimum absolute atomic E-state index is 0.00406. The highest BCUT2D eigenvalue weighted by molar-refractivity contribution is 9.10. The summed E-state index contributed by atoms with van der Waals surface area (Å²) in [6.45, 7) is 2.07. The first-order valence-electron chi connectivity index (χ1n) is 7.53. The van der Waals surface area contributed by atoms with Gasteiger partial charge in [0.05, 0.1) is 29.6 Å². The molecule has 0 spiro atoms. The van der Waals surface area contributed by atoms with Gasteiger partial charge in [0.15, 0.2) is 5.78 Å². The summed E-state index contributed by atoms with van der Waals surface area (Å²) in [5, 5.41) is 10.7. The smallest absolute Gasteiger partial charge is 0.173 e. The Bertz CT molecular complexity index is 664. The van der Waals surface area contributed by atoms with Crippen LogP contribution in [0.15, 0.2) is 28.4 Å². The zero-order chi connectivity index (χ0) is 14.7. The van der Waals surface area contributed by atoms with E-state index in [0.717, 1.165) is 34.9 Å². The Morgan fingerprint density at radius 3 is 2.67 bits per heavy atom. The van der Waals surface area contributed by atoms with Gasteiger partial charge in [0.1, 0.15) is 5.76 Å². The van der Waals surface area contributed by atoms with E-state index in [2.05, 4.69) is 22.9 Å². The number of hydrogen-bond acceptors (Lipinski definition) is 3. The minimum atomic E-state index is -0.164. The van der Waals surface area contributed by atoms with Gasteiger partial charge in [-0.1, -0.05) is 28.9 Å². The topological polar surface area (TPSA) is 46.5 Å². The fourth-order valence-electron chi connectivity index (χ4n) is 4.18. The van der Waals surface area contributed by atoms with Crippen LogP contribution in [0.3, 0.4) is 0 Å². The number of fused-ring (bicyclic) bond motifs is 5. The number of ether oxygens (including phenoxy) is 1. The Morgan fingerprint density at radius 2 is 2.00 bits per heavy atom. The van der Waals surface area contributed by atoms with E-state index in [1.807, 2.05) is 18.2 Å². The third-order valence-corrected chi connectivity index (χ3v) is 5.61. The first-order chi connectivity index (χ1) is 10.1. The zero-order valence-corrected chi connectivity index (χ0v) is 13.4. The second-order valence-electron chi connectivity index (χ2n) is 6.12. The van der Waals surface area contributed by atoms with Gasteiger partial charge in [-0.2, -0.15) is 0 Å². The van der Waals surface area contributed by atoms with E-state index in [4.69, 9.17) is 4.74 Å². The van der Waals surface area contributed by atoms with Gasteiger partial charge in [-0.15, -0.1) is 0 Å². The highest BCUT2D eigenvalue weighted by Crippen LogP contribution is 2.53. The summed E-state index contributed by atoms with van der Waals surface area (Å²) in [6, 6.07) is 5.95. The van der Waals surface area contributed by atoms with Crippen molar-refractivity contribution in [1.29, 1.82) is 0 Å². The average molecular weight is 349 g/mol. The second-order valence-corrected chi connectivity index (χ2v) is 7.04. The monoisotopic (exact) mass is 348 g/mol. The lowest BCUT2D eigenvalue weighted by atomic mass is 9.80. The summed E-state index contributed by atoms with van der Waals surface area (Å²) in [4.78, 5) is 12.9. The molecule has 21 heavy (non-hydrogen) atoms. The van der Waals surface area contributed by atoms with Crippen molar-refractivity contribution in [2.45, 2.75) is 38.4 Å². The molecule has 4 atom stereocenters. The van der Waals surface area contributed by atoms with Crippen molar-refractivity contribution >= 4 is 27.3 Å². The van der Waals surface area contributed by atoms with Crippen LogP contribution in [-0.4, -0.2) is 23.1 Å². The summed E-state index contributed by atoms with van der Waals surface area (Å²) < 4.78 is 6.75. The van der Waals surface area contributed by atoms with Crippen LogP contribution in [0.2, 0.25) is 0 Å². The summed E-state index contributed by atoms with van der Waals surface area (Å²) in [5.74, 6) is 0.0416. The predicted molar refractivity (Wildman–Crippen MR) is 83.0 cm³/mol. The van der Waals surface area contributed by atoms with Gasteiger partial charge >= 0.3 is 0 Å². The Morgan fingerprint density at radius 1 is 1.29 bits per heavy atom. The van der Waals surface area contributed by atoms with Gasteiger partial charge in [0, 0.05) is 4.47 Å². The van der Waals surface area contributed by atoms with Crippen LogP contribution in [0, 0.1) is 11.8 Å². The summed E-state index contributed by atoms with van der Waals surface area (Å²) >= 11 is 3.47. The number of carbonyl (C=O) groups excluding carboxylic acids is 1. The Hall–Kier alpha value is -1.13. The normalized spacial score (nSPS) is 33.9. The highest BCUT2D eigenvalue weighted by atomic mass is 79.9. The van der Waals surface area contributed by atoms with Crippen molar-refractivity contribution in [3.05, 3.63) is 39.6 Å². The fraction of sp³-hybridized carbons (Fsp3) is 0.471. The zero-order valence-electron chi connectivity index (χ0n) is 11.8. The molecular weight excluding hydrogens is 332 g/mol. The van der Waals surface area contributed by atoms with Crippen LogP contribution in [0.1, 0.15) is 30.9 Å². The first-order valence-corrected chi connectivity index (χ1v) is 8.32. The van der Waals surface area contributed by atoms with E-state index >= 15 is 0 Å². The molecule has 1 aromatic rings. The van der Waals surface area contributed by atoms with E-state index < -0.39 is 0 Å². The molecule has 2 fully saturated rings. The van der Waals surface area contributed by atoms with E-state index in [0.29, 0.717) is 5.57 Å². The predicted octanol–water partition coefficient (Wildman–Crippen LogP) is 3.66. The molecule has 0 aromatic heterocycles. The standard InChI is InChI=1S/C17H17BrO3/c1-2-8-3-4-9(18)7-10(8)13-16(19)14-11-5-6-12(21-11)15(14)17(13)20/h3-4,7,11-12,14-15,19H,2,5-6H2,1H3/t11-,12+,14-,15+/m1/s1. The molecule has 2 saturated heterocycles. The lowest BCUT2D eigenvalue weighted by molar-refractivity contribution is -0.118. The third-order valence-electron chi connectivity index (χ3n) is 5.12. The second kappa shape index (κ2) is 4.68. The molecule has 1 aliphatic carbocycles. The number of Topliss-reactive ketones (excluding diaryl/α,β-unsaturated/α-hetero) is 1. The maximum absolute atomic E-state index is 12.9. The van der Waals surface area contributed by atoms with Crippen molar-refractivity contribution in [2.75, 3.05) is 0 Å². The lowest BCUT2D eigenvalue weighted by Crippen LogP contribution is -2.29. The van der Waals surface area contributed by atoms with Gasteiger partial charge < -0.3 is 9.84 Å². The minimum Gasteiger partial charge on any atom is -0.511 e. The van der Waals surface area contributed by atoms with E-state index in [1.54, 1.807) is 0 Å². The number of rotatable bonds is 2. The summed E-state index contributed by atoms with van der Waals surface area (Å²) in [6.07, 6.45) is 2.76. The van der Waals surface area contributed by atoms with Crippen LogP contribution in [0.5, 0.6) is 0 Å². The first kappa shape index (κ1) is 13.5. The van der Waals surface area contributed by atoms with Crippen LogP contribution in [0.25, 0.3) is 5.57 Å². The molecule has 4 heteroatoms. The fourth-order valence-corrected chi connectivity index (χ4v) is 4.54. The maximum atomic E-state index is 12.9. The number of benzene rings is 1. The summed E-state index contributed by atoms with van der Waals surface area (Å²) in [5.41, 5.74) is 2.51. The number of allylic oxidation sites excluding steroid dienone is 1. The van der Waals surface area contributed by atoms with Crippen LogP contribution < -0.4 is 0 Å². The van der Waals surface area contributed by atoms with Gasteiger partial charge in [-0.05, 0) is 42.5 Å². The van der Waals surface area contributed by atoms with Gasteiger partial charge in [0.25, 0.3) is 0 Å². The van der Waals surface area contributed by atoms with Crippen molar-refractivity contribution in [1.82, 2.24) is 0 Å². The van der Waals surface area contributed by atoms with E-state index in [9.17, 15) is 9.90 Å². The molecule has 4 rings (SSSR count). The molecule has 2 bridgehead atoms. The molecule has 1 aromatic carbocycles. The Labute approximate surface area is 132 Å².